The van der Waals surface area contributed by atoms with Crippen molar-refractivity contribution in [1.29, 1.82) is 0 Å². The Labute approximate surface area is 451 Å². The van der Waals surface area contributed by atoms with Crippen molar-refractivity contribution in [2.75, 3.05) is 13.2 Å². The van der Waals surface area contributed by atoms with Crippen molar-refractivity contribution < 1.29 is 26.5 Å². The van der Waals surface area contributed by atoms with Gasteiger partial charge in [-0.2, -0.15) is 0 Å². The average molecular weight is 1050 g/mol. The molecule has 5 aromatic rings. The molecule has 6 nitrogen and oxygen atoms in total. The van der Waals surface area contributed by atoms with Crippen molar-refractivity contribution in [3.8, 4) is 22.6 Å². The maximum absolute atomic E-state index is 7.90. The summed E-state index contributed by atoms with van der Waals surface area (Å²) in [4.78, 5) is 0. The summed E-state index contributed by atoms with van der Waals surface area (Å²) in [5.41, 5.74) is 13.6. The third kappa shape index (κ3) is 11.9. The fraction of sp³-hybridized carbons (Fsp3) is 0.636. The number of rotatable bonds is 5. The third-order valence-corrected chi connectivity index (χ3v) is 17.9. The van der Waals surface area contributed by atoms with E-state index in [2.05, 4.69) is 216 Å². The maximum atomic E-state index is 7.90. The molecule has 4 aromatic carbocycles. The van der Waals surface area contributed by atoms with E-state index in [1.807, 2.05) is 0 Å². The standard InChI is InChI=1S/C66H98O6P2/c1-40-46(60(9,10)11)36-50(64(21,22)23)56(71-73-67-38-66(39-68-73)30-28-27-29-31-66)52(40)53-41(2)47(61(12,13)14)37-51(65(24,25)26)57(53)72-74-69-54-44(32-42(58(3,4)5)34-48(54)62(15,16)17)45-33-43(59(6,7)8)35-49(55(45)70-74)63(18,19)20/h32-37H,27-31,38-39H2,1-26H3. The second kappa shape index (κ2) is 19.6. The van der Waals surface area contributed by atoms with E-state index in [1.165, 1.54) is 41.5 Å². The van der Waals surface area contributed by atoms with Crippen LogP contribution < -0.4 is 9.05 Å². The third-order valence-electron chi connectivity index (χ3n) is 15.9. The molecule has 2 fully saturated rings. The molecule has 7 rings (SSSR count). The van der Waals surface area contributed by atoms with E-state index in [0.717, 1.165) is 90.8 Å². The molecule has 1 saturated carbocycles. The first-order valence-electron chi connectivity index (χ1n) is 27.9. The minimum absolute atomic E-state index is 0.0584. The van der Waals surface area contributed by atoms with Crippen LogP contribution >= 0.6 is 16.8 Å². The van der Waals surface area contributed by atoms with Crippen LogP contribution in [0.15, 0.2) is 44.8 Å². The van der Waals surface area contributed by atoms with Gasteiger partial charge in [0, 0.05) is 49.6 Å². The zero-order valence-electron chi connectivity index (χ0n) is 51.3. The highest BCUT2D eigenvalue weighted by Gasteiger charge is 2.42. The molecule has 2 aliphatic rings. The SMILES string of the molecule is Cc1c(C(C)(C)C)cc(C(C)(C)C)c(OP2OCC3(CCCCC3)CO2)c1-c1c(C)c(C(C)(C)C)cc(C(C)(C)C)c1Op1oc2c(C(C)(C)C)cc(C(C)(C)C)cc2c2cc(C(C)(C)C)cc(C(C)(C)C)c2o1. The molecule has 408 valence electrons. The Morgan fingerprint density at radius 3 is 1.05 bits per heavy atom. The van der Waals surface area contributed by atoms with Crippen molar-refractivity contribution in [2.24, 2.45) is 5.41 Å². The molecule has 1 aliphatic carbocycles. The van der Waals surface area contributed by atoms with Crippen LogP contribution in [0.2, 0.25) is 0 Å². The minimum Gasteiger partial charge on any atom is -0.426 e. The lowest BCUT2D eigenvalue weighted by atomic mass is 9.72. The molecule has 0 radical (unpaired) electrons. The summed E-state index contributed by atoms with van der Waals surface area (Å²) >= 11 is 0. The van der Waals surface area contributed by atoms with Crippen molar-refractivity contribution in [3.05, 3.63) is 92.0 Å². The molecule has 74 heavy (non-hydrogen) atoms. The van der Waals surface area contributed by atoms with Crippen LogP contribution in [0.5, 0.6) is 11.5 Å². The van der Waals surface area contributed by atoms with Crippen molar-refractivity contribution >= 4 is 38.8 Å². The van der Waals surface area contributed by atoms with Crippen LogP contribution in [0.1, 0.15) is 254 Å². The van der Waals surface area contributed by atoms with Gasteiger partial charge in [0.1, 0.15) is 22.7 Å². The Hall–Kier alpha value is -3.27. The molecule has 0 atom stereocenters. The van der Waals surface area contributed by atoms with Crippen LogP contribution in [0, 0.1) is 19.3 Å². The second-order valence-electron chi connectivity index (χ2n) is 30.8. The van der Waals surface area contributed by atoms with Gasteiger partial charge in [-0.1, -0.05) is 210 Å². The quantitative estimate of drug-likeness (QED) is 0.163. The number of fused-ring (bicyclic) bond motifs is 3. The second-order valence-corrected chi connectivity index (χ2v) is 33.0. The van der Waals surface area contributed by atoms with Crippen LogP contribution in [0.4, 0.5) is 0 Å². The summed E-state index contributed by atoms with van der Waals surface area (Å²) in [6.07, 6.45) is 5.99. The smallest absolute Gasteiger partial charge is 0.426 e. The summed E-state index contributed by atoms with van der Waals surface area (Å²) in [5, 5.41) is 2.09. The van der Waals surface area contributed by atoms with Gasteiger partial charge in [-0.25, -0.2) is 0 Å². The van der Waals surface area contributed by atoms with E-state index in [9.17, 15) is 0 Å². The molecule has 0 N–H and O–H groups in total. The first-order valence-corrected chi connectivity index (χ1v) is 30.1. The highest BCUT2D eigenvalue weighted by molar-refractivity contribution is 7.42. The molecule has 2 heterocycles. The van der Waals surface area contributed by atoms with Crippen molar-refractivity contribution in [2.45, 2.75) is 255 Å². The van der Waals surface area contributed by atoms with Gasteiger partial charge in [0.05, 0.1) is 13.2 Å². The molecule has 0 unspecified atom stereocenters. The molecule has 1 saturated heterocycles. The number of hydrogen-bond donors (Lipinski definition) is 0. The van der Waals surface area contributed by atoms with Crippen LogP contribution in [0.25, 0.3) is 33.1 Å². The first-order chi connectivity index (χ1) is 33.5. The van der Waals surface area contributed by atoms with Gasteiger partial charge in [0.25, 0.3) is 0 Å². The Kier molecular flexibility index (Phi) is 15.4. The molecular weight excluding hydrogens is 951 g/mol. The summed E-state index contributed by atoms with van der Waals surface area (Å²) in [5.74, 6) is 1.55. The zero-order chi connectivity index (χ0) is 55.5. The lowest BCUT2D eigenvalue weighted by Gasteiger charge is -2.41. The Bertz CT molecular complexity index is 2860. The molecule has 8 heteroatoms. The van der Waals surface area contributed by atoms with Gasteiger partial charge in [-0.15, -0.1) is 0 Å². The largest absolute Gasteiger partial charge is 0.453 e. The van der Waals surface area contributed by atoms with Gasteiger partial charge in [-0.05, 0) is 116 Å². The fourth-order valence-electron chi connectivity index (χ4n) is 11.3. The Morgan fingerprint density at radius 1 is 0.392 bits per heavy atom. The van der Waals surface area contributed by atoms with E-state index < -0.39 is 16.8 Å². The minimum atomic E-state index is -2.16. The monoisotopic (exact) mass is 1050 g/mol. The van der Waals surface area contributed by atoms with Gasteiger partial charge in [0.2, 0.25) is 0 Å². The lowest BCUT2D eigenvalue weighted by Crippen LogP contribution is -2.37. The Morgan fingerprint density at radius 2 is 0.730 bits per heavy atom. The molecule has 0 amide bonds. The summed E-state index contributed by atoms with van der Waals surface area (Å²) in [6, 6.07) is 14.3. The predicted molar refractivity (Wildman–Crippen MR) is 318 cm³/mol. The van der Waals surface area contributed by atoms with Crippen molar-refractivity contribution in [1.82, 2.24) is 0 Å². The van der Waals surface area contributed by atoms with Crippen LogP contribution in [0.3, 0.4) is 0 Å². The fourth-order valence-corrected chi connectivity index (χ4v) is 13.7. The lowest BCUT2D eigenvalue weighted by molar-refractivity contribution is -0.00664. The van der Waals surface area contributed by atoms with E-state index in [4.69, 9.17) is 26.5 Å². The molecule has 1 aliphatic heterocycles. The average Bonchev–Trinajstić information content (AvgIpc) is 3.38. The molecule has 0 bridgehead atoms. The highest BCUT2D eigenvalue weighted by atomic mass is 31.2. The van der Waals surface area contributed by atoms with Gasteiger partial charge in [0.15, 0.2) is 0 Å². The molecular formula is C66H98O6P2. The summed E-state index contributed by atoms with van der Waals surface area (Å²) in [6.45, 7) is 61.2. The van der Waals surface area contributed by atoms with E-state index >= 15 is 0 Å². The van der Waals surface area contributed by atoms with Crippen LogP contribution in [-0.2, 0) is 52.4 Å². The predicted octanol–water partition coefficient (Wildman–Crippen LogP) is 21.4. The van der Waals surface area contributed by atoms with Gasteiger partial charge >= 0.3 is 16.8 Å². The Balaban J connectivity index is 1.69. The first kappa shape index (κ1) is 58.4. The summed E-state index contributed by atoms with van der Waals surface area (Å²) in [7, 11) is -3.88. The van der Waals surface area contributed by atoms with Crippen LogP contribution in [-0.4, -0.2) is 13.2 Å². The van der Waals surface area contributed by atoms with E-state index in [-0.39, 0.29) is 48.7 Å². The normalized spacial score (nSPS) is 16.9. The number of hydrogen-bond acceptors (Lipinski definition) is 6. The molecule has 1 spiro atoms. The topological polar surface area (TPSA) is 63.2 Å². The van der Waals surface area contributed by atoms with Gasteiger partial charge < -0.3 is 26.5 Å². The summed E-state index contributed by atoms with van der Waals surface area (Å²) < 4.78 is 44.1. The van der Waals surface area contributed by atoms with E-state index in [0.29, 0.717) is 13.2 Å². The molecule has 1 aromatic heterocycles. The van der Waals surface area contributed by atoms with Crippen molar-refractivity contribution in [3.63, 3.8) is 0 Å². The zero-order valence-corrected chi connectivity index (χ0v) is 53.0. The van der Waals surface area contributed by atoms with E-state index in [1.54, 1.807) is 0 Å². The highest BCUT2D eigenvalue weighted by Crippen LogP contribution is 2.59. The number of benzene rings is 4. The van der Waals surface area contributed by atoms with Gasteiger partial charge in [-0.3, -0.25) is 0 Å². The maximum Gasteiger partial charge on any atom is 0.453 e.